The Hall–Kier alpha value is -2.45. The van der Waals surface area contributed by atoms with E-state index in [1.54, 1.807) is 6.92 Å². The molecule has 1 aromatic heterocycles. The number of fused-ring (bicyclic) bond motifs is 1. The number of carbonyl (C=O) groups is 2. The minimum absolute atomic E-state index is 0.0292. The van der Waals surface area contributed by atoms with Crippen molar-refractivity contribution >= 4 is 45.5 Å². The maximum atomic E-state index is 12.9. The van der Waals surface area contributed by atoms with E-state index in [4.69, 9.17) is 16.3 Å². The number of halogens is 1. The lowest BCUT2D eigenvalue weighted by Gasteiger charge is -2.33. The fraction of sp³-hybridized carbons (Fsp3) is 0.455. The van der Waals surface area contributed by atoms with Gasteiger partial charge in [0.05, 0.1) is 27.7 Å². The second kappa shape index (κ2) is 8.96. The molecule has 0 spiro atoms. The van der Waals surface area contributed by atoms with Crippen LogP contribution in [-0.2, 0) is 17.6 Å². The molecular formula is C22H25ClN2O5S. The first-order valence-corrected chi connectivity index (χ1v) is 11.3. The van der Waals surface area contributed by atoms with Gasteiger partial charge in [0.2, 0.25) is 0 Å². The van der Waals surface area contributed by atoms with E-state index < -0.39 is 16.8 Å². The molecule has 0 saturated carbocycles. The number of nitro benzene ring substituents is 1. The summed E-state index contributed by atoms with van der Waals surface area (Å²) in [6.45, 7) is 8.60. The predicted molar refractivity (Wildman–Crippen MR) is 121 cm³/mol. The molecule has 2 aromatic rings. The first kappa shape index (κ1) is 23.2. The third-order valence-electron chi connectivity index (χ3n) is 5.60. The average Bonchev–Trinajstić information content (AvgIpc) is 3.04. The Morgan fingerprint density at radius 1 is 1.35 bits per heavy atom. The number of rotatable bonds is 5. The number of esters is 1. The number of anilines is 1. The van der Waals surface area contributed by atoms with Crippen LogP contribution >= 0.6 is 22.9 Å². The molecular weight excluding hydrogens is 440 g/mol. The minimum Gasteiger partial charge on any atom is -0.462 e. The number of non-ortho nitro benzene ring substituents is 1. The Labute approximate surface area is 189 Å². The quantitative estimate of drug-likeness (QED) is 0.338. The lowest BCUT2D eigenvalue weighted by Crippen LogP contribution is -2.26. The summed E-state index contributed by atoms with van der Waals surface area (Å²) in [7, 11) is 0. The zero-order chi connectivity index (χ0) is 22.9. The Balaban J connectivity index is 1.95. The molecule has 166 valence electrons. The molecule has 3 rings (SSSR count). The van der Waals surface area contributed by atoms with Crippen molar-refractivity contribution in [3.8, 4) is 0 Å². The third-order valence-corrected chi connectivity index (χ3v) is 7.09. The fourth-order valence-electron chi connectivity index (χ4n) is 3.80. The van der Waals surface area contributed by atoms with Crippen molar-refractivity contribution in [2.75, 3.05) is 11.9 Å². The highest BCUT2D eigenvalue weighted by Crippen LogP contribution is 2.44. The molecule has 0 radical (unpaired) electrons. The molecule has 9 heteroatoms. The van der Waals surface area contributed by atoms with Gasteiger partial charge in [-0.2, -0.15) is 0 Å². The summed E-state index contributed by atoms with van der Waals surface area (Å²) in [6, 6.07) is 3.67. The number of nitro groups is 1. The van der Waals surface area contributed by atoms with Crippen LogP contribution in [0.5, 0.6) is 0 Å². The van der Waals surface area contributed by atoms with Crippen LogP contribution in [0.3, 0.4) is 0 Å². The van der Waals surface area contributed by atoms with Crippen LogP contribution in [-0.4, -0.2) is 23.4 Å². The standard InChI is InChI=1S/C22H25ClN2O5S/c1-5-30-21(27)18-15-8-6-12(22(2,3)4)10-17(15)31-20(18)24-19(26)14-9-7-13(25(28)29)11-16(14)23/h7,9,11-12H,5-6,8,10H2,1-4H3,(H,24,26). The monoisotopic (exact) mass is 464 g/mol. The number of benzene rings is 1. The van der Waals surface area contributed by atoms with E-state index in [1.807, 2.05) is 0 Å². The van der Waals surface area contributed by atoms with Crippen LogP contribution in [0.15, 0.2) is 18.2 Å². The van der Waals surface area contributed by atoms with Gasteiger partial charge in [-0.3, -0.25) is 14.9 Å². The van der Waals surface area contributed by atoms with Crippen molar-refractivity contribution in [3.05, 3.63) is 54.9 Å². The van der Waals surface area contributed by atoms with Gasteiger partial charge in [0.15, 0.2) is 0 Å². The second-order valence-corrected chi connectivity index (χ2v) is 10.1. The number of nitrogens with zero attached hydrogens (tertiary/aromatic N) is 1. The summed E-state index contributed by atoms with van der Waals surface area (Å²) in [4.78, 5) is 37.0. The van der Waals surface area contributed by atoms with Crippen molar-refractivity contribution in [1.82, 2.24) is 0 Å². The van der Waals surface area contributed by atoms with Crippen molar-refractivity contribution in [1.29, 1.82) is 0 Å². The molecule has 1 atom stereocenters. The van der Waals surface area contributed by atoms with Gasteiger partial charge in [-0.15, -0.1) is 11.3 Å². The van der Waals surface area contributed by atoms with Gasteiger partial charge in [0, 0.05) is 17.0 Å². The van der Waals surface area contributed by atoms with Gasteiger partial charge >= 0.3 is 5.97 Å². The summed E-state index contributed by atoms with van der Waals surface area (Å²) < 4.78 is 5.26. The zero-order valence-electron chi connectivity index (χ0n) is 17.9. The molecule has 31 heavy (non-hydrogen) atoms. The highest BCUT2D eigenvalue weighted by molar-refractivity contribution is 7.17. The first-order chi connectivity index (χ1) is 14.5. The summed E-state index contributed by atoms with van der Waals surface area (Å²) in [5.74, 6) is -0.517. The fourth-order valence-corrected chi connectivity index (χ4v) is 5.38. The molecule has 0 bridgehead atoms. The molecule has 0 aliphatic heterocycles. The molecule has 1 aromatic carbocycles. The van der Waals surface area contributed by atoms with E-state index in [0.29, 0.717) is 16.5 Å². The molecule has 0 saturated heterocycles. The number of ether oxygens (including phenoxy) is 1. The Morgan fingerprint density at radius 2 is 2.06 bits per heavy atom. The van der Waals surface area contributed by atoms with Gasteiger partial charge in [0.25, 0.3) is 11.6 Å². The molecule has 1 aliphatic rings. The van der Waals surface area contributed by atoms with Gasteiger partial charge in [-0.25, -0.2) is 4.79 Å². The molecule has 1 aliphatic carbocycles. The van der Waals surface area contributed by atoms with Gasteiger partial charge in [-0.05, 0) is 49.1 Å². The van der Waals surface area contributed by atoms with E-state index in [2.05, 4.69) is 26.1 Å². The smallest absolute Gasteiger partial charge is 0.341 e. The van der Waals surface area contributed by atoms with Crippen LogP contribution in [0, 0.1) is 21.4 Å². The highest BCUT2D eigenvalue weighted by Gasteiger charge is 2.34. The second-order valence-electron chi connectivity index (χ2n) is 8.61. The lowest BCUT2D eigenvalue weighted by atomic mass is 9.72. The zero-order valence-corrected chi connectivity index (χ0v) is 19.5. The maximum Gasteiger partial charge on any atom is 0.341 e. The third kappa shape index (κ3) is 4.91. The summed E-state index contributed by atoms with van der Waals surface area (Å²) >= 11 is 7.49. The number of carbonyl (C=O) groups excluding carboxylic acids is 2. The van der Waals surface area contributed by atoms with E-state index in [1.165, 1.54) is 23.5 Å². The maximum absolute atomic E-state index is 12.9. The average molecular weight is 465 g/mol. The van der Waals surface area contributed by atoms with E-state index >= 15 is 0 Å². The summed E-state index contributed by atoms with van der Waals surface area (Å²) in [5, 5.41) is 14.1. The number of amides is 1. The molecule has 1 heterocycles. The number of hydrogen-bond donors (Lipinski definition) is 1. The largest absolute Gasteiger partial charge is 0.462 e. The Morgan fingerprint density at radius 3 is 2.65 bits per heavy atom. The number of nitrogens with one attached hydrogen (secondary N) is 1. The van der Waals surface area contributed by atoms with Crippen molar-refractivity contribution in [2.24, 2.45) is 11.3 Å². The van der Waals surface area contributed by atoms with Crippen molar-refractivity contribution < 1.29 is 19.2 Å². The van der Waals surface area contributed by atoms with Crippen molar-refractivity contribution in [2.45, 2.75) is 47.0 Å². The normalized spacial score (nSPS) is 15.8. The number of hydrogen-bond acceptors (Lipinski definition) is 6. The highest BCUT2D eigenvalue weighted by atomic mass is 35.5. The molecule has 0 fully saturated rings. The van der Waals surface area contributed by atoms with Crippen LogP contribution in [0.4, 0.5) is 10.7 Å². The van der Waals surface area contributed by atoms with Gasteiger partial charge in [-0.1, -0.05) is 32.4 Å². The predicted octanol–water partition coefficient (Wildman–Crippen LogP) is 5.89. The minimum atomic E-state index is -0.578. The molecule has 1 amide bonds. The van der Waals surface area contributed by atoms with Gasteiger partial charge in [0.1, 0.15) is 5.00 Å². The summed E-state index contributed by atoms with van der Waals surface area (Å²) in [5.41, 5.74) is 1.38. The van der Waals surface area contributed by atoms with Crippen LogP contribution in [0.1, 0.15) is 65.3 Å². The van der Waals surface area contributed by atoms with Crippen LogP contribution in [0.2, 0.25) is 5.02 Å². The van der Waals surface area contributed by atoms with E-state index in [0.717, 1.165) is 35.8 Å². The SMILES string of the molecule is CCOC(=O)c1c(NC(=O)c2ccc([N+](=O)[O-])cc2Cl)sc2c1CCC(C(C)(C)C)C2. The Kier molecular flexibility index (Phi) is 6.71. The molecule has 1 unspecified atom stereocenters. The topological polar surface area (TPSA) is 98.5 Å². The van der Waals surface area contributed by atoms with E-state index in [9.17, 15) is 19.7 Å². The van der Waals surface area contributed by atoms with E-state index in [-0.39, 0.29) is 28.3 Å². The molecule has 1 N–H and O–H groups in total. The molecule has 7 nitrogen and oxygen atoms in total. The number of thiophene rings is 1. The Bertz CT molecular complexity index is 1040. The first-order valence-electron chi connectivity index (χ1n) is 10.1. The van der Waals surface area contributed by atoms with Crippen LogP contribution < -0.4 is 5.32 Å². The lowest BCUT2D eigenvalue weighted by molar-refractivity contribution is -0.384. The summed E-state index contributed by atoms with van der Waals surface area (Å²) in [6.07, 6.45) is 2.54. The van der Waals surface area contributed by atoms with Crippen LogP contribution in [0.25, 0.3) is 0 Å². The van der Waals surface area contributed by atoms with Crippen molar-refractivity contribution in [3.63, 3.8) is 0 Å². The van der Waals surface area contributed by atoms with Gasteiger partial charge < -0.3 is 10.1 Å².